The van der Waals surface area contributed by atoms with Crippen LogP contribution < -0.4 is 20.3 Å². The van der Waals surface area contributed by atoms with E-state index in [0.29, 0.717) is 22.1 Å². The van der Waals surface area contributed by atoms with Crippen LogP contribution in [-0.2, 0) is 4.79 Å². The number of nitrogens with one attached hydrogen (secondary N) is 2. The van der Waals surface area contributed by atoms with E-state index in [2.05, 4.69) is 10.9 Å². The second-order valence-electron chi connectivity index (χ2n) is 4.94. The van der Waals surface area contributed by atoms with Gasteiger partial charge >= 0.3 is 0 Å². The van der Waals surface area contributed by atoms with Gasteiger partial charge in [-0.2, -0.15) is 0 Å². The van der Waals surface area contributed by atoms with Gasteiger partial charge in [0.1, 0.15) is 6.61 Å². The van der Waals surface area contributed by atoms with Crippen molar-refractivity contribution in [2.45, 2.75) is 6.10 Å². The van der Waals surface area contributed by atoms with Crippen molar-refractivity contribution in [3.63, 3.8) is 0 Å². The van der Waals surface area contributed by atoms with Crippen LogP contribution in [0.15, 0.2) is 42.5 Å². The third-order valence-electron chi connectivity index (χ3n) is 3.28. The Morgan fingerprint density at radius 3 is 2.62 bits per heavy atom. The largest absolute Gasteiger partial charge is 0.485 e. The molecule has 1 unspecified atom stereocenters. The van der Waals surface area contributed by atoms with Crippen LogP contribution in [0.25, 0.3) is 0 Å². The molecule has 2 N–H and O–H groups in total. The SMILES string of the molecule is O=C(NNC(=O)C1COc2ccccc2O1)c1ccc(Cl)c(I)c1. The maximum Gasteiger partial charge on any atom is 0.283 e. The Labute approximate surface area is 156 Å². The smallest absolute Gasteiger partial charge is 0.283 e. The first-order chi connectivity index (χ1) is 11.5. The minimum Gasteiger partial charge on any atom is -0.485 e. The van der Waals surface area contributed by atoms with Gasteiger partial charge in [-0.15, -0.1) is 0 Å². The monoisotopic (exact) mass is 458 g/mol. The fourth-order valence-corrected chi connectivity index (χ4v) is 2.69. The van der Waals surface area contributed by atoms with Gasteiger partial charge < -0.3 is 9.47 Å². The summed E-state index contributed by atoms with van der Waals surface area (Å²) in [5.41, 5.74) is 5.07. The van der Waals surface area contributed by atoms with Gasteiger partial charge in [0.25, 0.3) is 11.8 Å². The number of rotatable bonds is 2. The van der Waals surface area contributed by atoms with Crippen molar-refractivity contribution in [1.82, 2.24) is 10.9 Å². The quantitative estimate of drug-likeness (QED) is 0.536. The van der Waals surface area contributed by atoms with Crippen molar-refractivity contribution in [2.24, 2.45) is 0 Å². The summed E-state index contributed by atoms with van der Waals surface area (Å²) in [7, 11) is 0. The van der Waals surface area contributed by atoms with E-state index < -0.39 is 17.9 Å². The molecule has 2 aromatic rings. The maximum absolute atomic E-state index is 12.1. The Balaban J connectivity index is 1.58. The number of amides is 2. The van der Waals surface area contributed by atoms with Crippen LogP contribution in [0.1, 0.15) is 10.4 Å². The van der Waals surface area contributed by atoms with Crippen LogP contribution in [0, 0.1) is 3.57 Å². The van der Waals surface area contributed by atoms with E-state index in [1.54, 1.807) is 36.4 Å². The molecule has 1 aliphatic rings. The highest BCUT2D eigenvalue weighted by Gasteiger charge is 2.27. The van der Waals surface area contributed by atoms with Gasteiger partial charge in [-0.25, -0.2) is 0 Å². The summed E-state index contributed by atoms with van der Waals surface area (Å²) in [5.74, 6) is 0.125. The standard InChI is InChI=1S/C16H12ClIN2O4/c17-10-6-5-9(7-11(10)18)15(21)19-20-16(22)14-8-23-12-3-1-2-4-13(12)24-14/h1-7,14H,8H2,(H,19,21)(H,20,22). The number of hydrogen-bond acceptors (Lipinski definition) is 4. The van der Waals surface area contributed by atoms with E-state index in [0.717, 1.165) is 3.57 Å². The molecular formula is C16H12ClIN2O4. The first kappa shape index (κ1) is 16.8. The van der Waals surface area contributed by atoms with Crippen LogP contribution in [0.3, 0.4) is 0 Å². The Hall–Kier alpha value is -2.00. The summed E-state index contributed by atoms with van der Waals surface area (Å²) in [4.78, 5) is 24.2. The molecule has 0 radical (unpaired) electrons. The number of para-hydroxylation sites is 2. The number of benzene rings is 2. The molecule has 1 heterocycles. The molecule has 1 atom stereocenters. The van der Waals surface area contributed by atoms with Crippen molar-refractivity contribution < 1.29 is 19.1 Å². The zero-order valence-electron chi connectivity index (χ0n) is 12.2. The summed E-state index contributed by atoms with van der Waals surface area (Å²) >= 11 is 7.94. The molecular weight excluding hydrogens is 447 g/mol. The normalized spacial score (nSPS) is 15.5. The summed E-state index contributed by atoms with van der Waals surface area (Å²) < 4.78 is 11.8. The molecule has 0 spiro atoms. The van der Waals surface area contributed by atoms with Crippen molar-refractivity contribution in [3.05, 3.63) is 56.6 Å². The predicted molar refractivity (Wildman–Crippen MR) is 96.1 cm³/mol. The Kier molecular flexibility index (Phi) is 5.10. The van der Waals surface area contributed by atoms with Gasteiger partial charge in [-0.3, -0.25) is 20.4 Å². The van der Waals surface area contributed by atoms with Gasteiger partial charge in [0.05, 0.1) is 5.02 Å². The van der Waals surface area contributed by atoms with Crippen LogP contribution in [0.2, 0.25) is 5.02 Å². The van der Waals surface area contributed by atoms with Crippen molar-refractivity contribution >= 4 is 46.0 Å². The molecule has 2 aromatic carbocycles. The van der Waals surface area contributed by atoms with E-state index in [1.165, 1.54) is 0 Å². The second kappa shape index (κ2) is 7.27. The number of hydrogen-bond donors (Lipinski definition) is 2. The first-order valence-corrected chi connectivity index (χ1v) is 8.44. The van der Waals surface area contributed by atoms with E-state index in [-0.39, 0.29) is 6.61 Å². The molecule has 0 bridgehead atoms. The molecule has 8 heteroatoms. The van der Waals surface area contributed by atoms with Crippen LogP contribution in [0.4, 0.5) is 0 Å². The molecule has 0 saturated carbocycles. The lowest BCUT2D eigenvalue weighted by molar-refractivity contribution is -0.131. The van der Waals surface area contributed by atoms with Gasteiger partial charge in [0.2, 0.25) is 6.10 Å². The van der Waals surface area contributed by atoms with Gasteiger partial charge in [0.15, 0.2) is 11.5 Å². The lowest BCUT2D eigenvalue weighted by atomic mass is 10.2. The molecule has 0 aromatic heterocycles. The second-order valence-corrected chi connectivity index (χ2v) is 6.51. The van der Waals surface area contributed by atoms with Gasteiger partial charge in [0, 0.05) is 9.13 Å². The van der Waals surface area contributed by atoms with Crippen molar-refractivity contribution in [2.75, 3.05) is 6.61 Å². The number of carbonyl (C=O) groups excluding carboxylic acids is 2. The molecule has 0 fully saturated rings. The molecule has 3 rings (SSSR count). The van der Waals surface area contributed by atoms with Crippen molar-refractivity contribution in [3.8, 4) is 11.5 Å². The molecule has 0 aliphatic carbocycles. The van der Waals surface area contributed by atoms with Gasteiger partial charge in [-0.05, 0) is 52.9 Å². The summed E-state index contributed by atoms with van der Waals surface area (Å²) in [6.45, 7) is 0.0670. The molecule has 124 valence electrons. The van der Waals surface area contributed by atoms with E-state index in [1.807, 2.05) is 28.7 Å². The minimum atomic E-state index is -0.842. The lowest BCUT2D eigenvalue weighted by Crippen LogP contribution is -2.50. The Morgan fingerprint density at radius 1 is 1.12 bits per heavy atom. The van der Waals surface area contributed by atoms with Gasteiger partial charge in [-0.1, -0.05) is 23.7 Å². The summed E-state index contributed by atoms with van der Waals surface area (Å²) in [6, 6.07) is 11.9. The number of carbonyl (C=O) groups is 2. The topological polar surface area (TPSA) is 76.7 Å². The number of fused-ring (bicyclic) bond motifs is 1. The highest BCUT2D eigenvalue weighted by Crippen LogP contribution is 2.30. The first-order valence-electron chi connectivity index (χ1n) is 6.98. The molecule has 1 aliphatic heterocycles. The highest BCUT2D eigenvalue weighted by atomic mass is 127. The fourth-order valence-electron chi connectivity index (χ4n) is 2.06. The minimum absolute atomic E-state index is 0.0670. The molecule has 0 saturated heterocycles. The number of ether oxygens (including phenoxy) is 2. The summed E-state index contributed by atoms with van der Waals surface area (Å²) in [6.07, 6.45) is -0.842. The highest BCUT2D eigenvalue weighted by molar-refractivity contribution is 14.1. The zero-order chi connectivity index (χ0) is 17.1. The average molecular weight is 459 g/mol. The molecule has 6 nitrogen and oxygen atoms in total. The Bertz CT molecular complexity index is 799. The number of halogens is 2. The van der Waals surface area contributed by atoms with E-state index in [9.17, 15) is 9.59 Å². The summed E-state index contributed by atoms with van der Waals surface area (Å²) in [5, 5.41) is 0.558. The average Bonchev–Trinajstić information content (AvgIpc) is 2.61. The Morgan fingerprint density at radius 2 is 1.88 bits per heavy atom. The third kappa shape index (κ3) is 3.73. The molecule has 2 amide bonds. The van der Waals surface area contributed by atoms with Crippen LogP contribution >= 0.6 is 34.2 Å². The molecule has 24 heavy (non-hydrogen) atoms. The third-order valence-corrected chi connectivity index (χ3v) is 4.82. The fraction of sp³-hybridized carbons (Fsp3) is 0.125. The maximum atomic E-state index is 12.1. The predicted octanol–water partition coefficient (Wildman–Crippen LogP) is 2.55. The van der Waals surface area contributed by atoms with Crippen molar-refractivity contribution in [1.29, 1.82) is 0 Å². The number of hydrazine groups is 1. The van der Waals surface area contributed by atoms with Crippen LogP contribution in [-0.4, -0.2) is 24.5 Å². The van der Waals surface area contributed by atoms with E-state index in [4.69, 9.17) is 21.1 Å². The lowest BCUT2D eigenvalue weighted by Gasteiger charge is -2.25. The van der Waals surface area contributed by atoms with Crippen LogP contribution in [0.5, 0.6) is 11.5 Å². The zero-order valence-corrected chi connectivity index (χ0v) is 15.1. The van der Waals surface area contributed by atoms with E-state index >= 15 is 0 Å².